The minimum absolute atomic E-state index is 0.00148. The van der Waals surface area contributed by atoms with E-state index in [2.05, 4.69) is 5.16 Å². The third-order valence-electron chi connectivity index (χ3n) is 4.54. The monoisotopic (exact) mass is 303 g/mol. The van der Waals surface area contributed by atoms with Crippen molar-refractivity contribution in [2.45, 2.75) is 38.1 Å². The minimum atomic E-state index is -3.05. The van der Waals surface area contributed by atoms with E-state index >= 15 is 0 Å². The van der Waals surface area contributed by atoms with Crippen molar-refractivity contribution in [1.29, 1.82) is 0 Å². The van der Waals surface area contributed by atoms with Crippen LogP contribution in [0.25, 0.3) is 0 Å². The van der Waals surface area contributed by atoms with Gasteiger partial charge < -0.3 is 15.8 Å². The van der Waals surface area contributed by atoms with Crippen LogP contribution in [-0.4, -0.2) is 54.9 Å². The molecule has 0 aromatic carbocycles. The first-order valence-corrected chi connectivity index (χ1v) is 8.60. The number of amides is 1. The highest BCUT2D eigenvalue weighted by atomic mass is 32.2. The van der Waals surface area contributed by atoms with Gasteiger partial charge >= 0.3 is 0 Å². The summed E-state index contributed by atoms with van der Waals surface area (Å²) in [4.78, 5) is 14.2. The summed E-state index contributed by atoms with van der Waals surface area (Å²) in [6.07, 6.45) is 3.24. The highest BCUT2D eigenvalue weighted by molar-refractivity contribution is 7.91. The molecule has 0 aromatic heterocycles. The third-order valence-corrected chi connectivity index (χ3v) is 6.29. The lowest BCUT2D eigenvalue weighted by atomic mass is 9.83. The quantitative estimate of drug-likeness (QED) is 0.328. The molecule has 0 bridgehead atoms. The minimum Gasteiger partial charge on any atom is -0.409 e. The number of oxime groups is 1. The van der Waals surface area contributed by atoms with Crippen LogP contribution in [0.3, 0.4) is 0 Å². The van der Waals surface area contributed by atoms with Gasteiger partial charge in [0.05, 0.1) is 11.5 Å². The molecule has 1 unspecified atom stereocenters. The number of rotatable bonds is 3. The van der Waals surface area contributed by atoms with Crippen LogP contribution in [0.5, 0.6) is 0 Å². The van der Waals surface area contributed by atoms with Crippen molar-refractivity contribution in [3.8, 4) is 0 Å². The molecule has 0 radical (unpaired) electrons. The molecule has 1 atom stereocenters. The highest BCUT2D eigenvalue weighted by Gasteiger charge is 2.48. The summed E-state index contributed by atoms with van der Waals surface area (Å²) in [6.45, 7) is 0. The van der Waals surface area contributed by atoms with Crippen molar-refractivity contribution in [3.63, 3.8) is 0 Å². The van der Waals surface area contributed by atoms with E-state index in [0.29, 0.717) is 19.3 Å². The molecule has 8 heteroatoms. The SMILES string of the molecule is CN(C(=O)C1(C(N)=NO)CCCC1)C1CCS(=O)(=O)C1. The molecule has 1 saturated carbocycles. The standard InChI is InChI=1S/C12H21N3O4S/c1-15(9-4-7-20(18,19)8-9)11(16)12(10(13)14-17)5-2-3-6-12/h9,17H,2-8H2,1H3,(H2,13,14). The number of carbonyl (C=O) groups excluding carboxylic acids is 1. The summed E-state index contributed by atoms with van der Waals surface area (Å²) in [6, 6.07) is -0.309. The maximum Gasteiger partial charge on any atom is 0.236 e. The van der Waals surface area contributed by atoms with Gasteiger partial charge in [0.15, 0.2) is 15.7 Å². The van der Waals surface area contributed by atoms with Crippen molar-refractivity contribution in [1.82, 2.24) is 4.90 Å². The van der Waals surface area contributed by atoms with Crippen LogP contribution in [-0.2, 0) is 14.6 Å². The second kappa shape index (κ2) is 5.23. The Labute approximate surface area is 118 Å². The van der Waals surface area contributed by atoms with Crippen molar-refractivity contribution < 1.29 is 18.4 Å². The molecule has 1 saturated heterocycles. The van der Waals surface area contributed by atoms with Crippen LogP contribution in [0.4, 0.5) is 0 Å². The number of nitrogens with zero attached hydrogens (tertiary/aromatic N) is 2. The zero-order chi connectivity index (χ0) is 15.0. The zero-order valence-electron chi connectivity index (χ0n) is 11.6. The number of sulfone groups is 1. The van der Waals surface area contributed by atoms with E-state index in [1.165, 1.54) is 4.90 Å². The largest absolute Gasteiger partial charge is 0.409 e. The Balaban J connectivity index is 2.21. The molecule has 20 heavy (non-hydrogen) atoms. The molecule has 1 aliphatic heterocycles. The van der Waals surface area contributed by atoms with E-state index in [4.69, 9.17) is 10.9 Å². The lowest BCUT2D eigenvalue weighted by Crippen LogP contribution is -2.52. The van der Waals surface area contributed by atoms with E-state index < -0.39 is 15.3 Å². The summed E-state index contributed by atoms with van der Waals surface area (Å²) in [5.41, 5.74) is 4.78. The second-order valence-corrected chi connectivity index (χ2v) is 7.98. The first-order valence-electron chi connectivity index (χ1n) is 6.78. The molecule has 2 aliphatic rings. The van der Waals surface area contributed by atoms with Crippen molar-refractivity contribution in [2.75, 3.05) is 18.6 Å². The lowest BCUT2D eigenvalue weighted by molar-refractivity contribution is -0.138. The van der Waals surface area contributed by atoms with Gasteiger partial charge in [0.1, 0.15) is 5.41 Å². The third kappa shape index (κ3) is 2.48. The Kier molecular flexibility index (Phi) is 3.95. The van der Waals surface area contributed by atoms with Crippen LogP contribution in [0.2, 0.25) is 0 Å². The fourth-order valence-corrected chi connectivity index (χ4v) is 5.01. The number of carbonyl (C=O) groups is 1. The van der Waals surface area contributed by atoms with Gasteiger partial charge in [0, 0.05) is 13.1 Å². The fourth-order valence-electron chi connectivity index (χ4n) is 3.24. The van der Waals surface area contributed by atoms with Crippen LogP contribution in [0.15, 0.2) is 5.16 Å². The van der Waals surface area contributed by atoms with E-state index in [1.807, 2.05) is 0 Å². The van der Waals surface area contributed by atoms with Crippen LogP contribution in [0, 0.1) is 5.41 Å². The number of hydrogen-bond donors (Lipinski definition) is 2. The summed E-state index contributed by atoms with van der Waals surface area (Å²) in [5.74, 6) is -0.173. The average Bonchev–Trinajstić information content (AvgIpc) is 3.03. The van der Waals surface area contributed by atoms with E-state index in [1.54, 1.807) is 7.05 Å². The van der Waals surface area contributed by atoms with Gasteiger partial charge in [-0.3, -0.25) is 4.79 Å². The van der Waals surface area contributed by atoms with Gasteiger partial charge in [-0.25, -0.2) is 8.42 Å². The van der Waals surface area contributed by atoms with Crippen molar-refractivity contribution >= 4 is 21.6 Å². The maximum absolute atomic E-state index is 12.7. The summed E-state index contributed by atoms with van der Waals surface area (Å²) in [5, 5.41) is 12.0. The lowest BCUT2D eigenvalue weighted by Gasteiger charge is -2.34. The number of amidine groups is 1. The number of nitrogens with two attached hydrogens (primary N) is 1. The predicted octanol–water partition coefficient (Wildman–Crippen LogP) is -0.0613. The normalized spacial score (nSPS) is 28.4. The smallest absolute Gasteiger partial charge is 0.236 e. The average molecular weight is 303 g/mol. The molecule has 2 fully saturated rings. The Bertz CT molecular complexity index is 523. The van der Waals surface area contributed by atoms with Crippen molar-refractivity contribution in [2.24, 2.45) is 16.3 Å². The Morgan fingerprint density at radius 1 is 1.40 bits per heavy atom. The van der Waals surface area contributed by atoms with Gasteiger partial charge in [-0.15, -0.1) is 0 Å². The second-order valence-electron chi connectivity index (χ2n) is 5.75. The fraction of sp³-hybridized carbons (Fsp3) is 0.833. The Morgan fingerprint density at radius 2 is 2.00 bits per heavy atom. The molecule has 114 valence electrons. The molecule has 3 N–H and O–H groups in total. The molecule has 2 rings (SSSR count). The van der Waals surface area contributed by atoms with E-state index in [0.717, 1.165) is 12.8 Å². The molecular weight excluding hydrogens is 282 g/mol. The summed E-state index contributed by atoms with van der Waals surface area (Å²) < 4.78 is 23.1. The maximum atomic E-state index is 12.7. The Hall–Kier alpha value is -1.31. The highest BCUT2D eigenvalue weighted by Crippen LogP contribution is 2.40. The van der Waals surface area contributed by atoms with Crippen LogP contribution in [0.1, 0.15) is 32.1 Å². The van der Waals surface area contributed by atoms with Gasteiger partial charge in [-0.05, 0) is 19.3 Å². The molecule has 1 aliphatic carbocycles. The molecular formula is C12H21N3O4S. The predicted molar refractivity (Wildman–Crippen MR) is 74.1 cm³/mol. The molecule has 0 aromatic rings. The molecule has 7 nitrogen and oxygen atoms in total. The van der Waals surface area contributed by atoms with E-state index in [9.17, 15) is 13.2 Å². The summed E-state index contributed by atoms with van der Waals surface area (Å²) >= 11 is 0. The topological polar surface area (TPSA) is 113 Å². The van der Waals surface area contributed by atoms with E-state index in [-0.39, 0.29) is 29.3 Å². The van der Waals surface area contributed by atoms with Gasteiger partial charge in [0.2, 0.25) is 5.91 Å². The molecule has 1 amide bonds. The first kappa shape index (κ1) is 15.1. The summed E-state index contributed by atoms with van der Waals surface area (Å²) in [7, 11) is -1.44. The first-order chi connectivity index (χ1) is 9.32. The van der Waals surface area contributed by atoms with Gasteiger partial charge in [0.25, 0.3) is 0 Å². The molecule has 1 heterocycles. The molecule has 0 spiro atoms. The van der Waals surface area contributed by atoms with Gasteiger partial charge in [-0.1, -0.05) is 18.0 Å². The Morgan fingerprint density at radius 3 is 2.45 bits per heavy atom. The number of hydrogen-bond acceptors (Lipinski definition) is 5. The van der Waals surface area contributed by atoms with Crippen LogP contribution < -0.4 is 5.73 Å². The van der Waals surface area contributed by atoms with Crippen LogP contribution >= 0.6 is 0 Å². The van der Waals surface area contributed by atoms with Crippen molar-refractivity contribution in [3.05, 3.63) is 0 Å². The van der Waals surface area contributed by atoms with Gasteiger partial charge in [-0.2, -0.15) is 0 Å². The zero-order valence-corrected chi connectivity index (χ0v) is 12.4.